The van der Waals surface area contributed by atoms with Crippen LogP contribution in [0.15, 0.2) is 0 Å². The molecule has 4 N–H and O–H groups in total. The fourth-order valence-corrected chi connectivity index (χ4v) is 1.00. The van der Waals surface area contributed by atoms with Gasteiger partial charge in [0.15, 0.2) is 0 Å². The molecule has 1 rings (SSSR count). The average Bonchev–Trinajstić information content (AvgIpc) is 2.65. The van der Waals surface area contributed by atoms with Crippen LogP contribution in [0, 0.1) is 5.92 Å². The predicted octanol–water partition coefficient (Wildman–Crippen LogP) is -0.432. The largest absolute Gasteiger partial charge is 0.368 e. The van der Waals surface area contributed by atoms with E-state index in [4.69, 9.17) is 5.73 Å². The number of carbonyl (C=O) groups excluding carboxylic acids is 2. The van der Waals surface area contributed by atoms with Crippen molar-refractivity contribution in [1.82, 2.24) is 10.6 Å². The van der Waals surface area contributed by atoms with Crippen LogP contribution in [0.5, 0.6) is 0 Å². The first-order chi connectivity index (χ1) is 6.00. The second-order valence-electron chi connectivity index (χ2n) is 3.56. The van der Waals surface area contributed by atoms with Crippen LogP contribution in [0.2, 0.25) is 0 Å². The second-order valence-corrected chi connectivity index (χ2v) is 3.56. The number of urea groups is 1. The molecule has 74 valence electrons. The maximum Gasteiger partial charge on any atom is 0.315 e. The van der Waals surface area contributed by atoms with E-state index in [0.717, 1.165) is 6.42 Å². The Kier molecular flexibility index (Phi) is 2.75. The third-order valence-electron chi connectivity index (χ3n) is 2.20. The lowest BCUT2D eigenvalue weighted by atomic mass is 10.3. The molecule has 1 saturated carbocycles. The Labute approximate surface area is 77.1 Å². The van der Waals surface area contributed by atoms with Gasteiger partial charge in [-0.15, -0.1) is 0 Å². The zero-order chi connectivity index (χ0) is 10.0. The number of hydrogen-bond acceptors (Lipinski definition) is 2. The van der Waals surface area contributed by atoms with Crippen LogP contribution in [-0.2, 0) is 4.79 Å². The van der Waals surface area contributed by atoms with Gasteiger partial charge in [0.25, 0.3) is 0 Å². The molecule has 0 spiro atoms. The first kappa shape index (κ1) is 9.83. The second kappa shape index (κ2) is 3.64. The van der Waals surface area contributed by atoms with E-state index in [9.17, 15) is 9.59 Å². The van der Waals surface area contributed by atoms with Gasteiger partial charge in [0.1, 0.15) is 6.04 Å². The van der Waals surface area contributed by atoms with Crippen LogP contribution >= 0.6 is 0 Å². The lowest BCUT2D eigenvalue weighted by Gasteiger charge is -2.10. The number of nitrogens with one attached hydrogen (secondary N) is 2. The molecule has 5 heteroatoms. The first-order valence-electron chi connectivity index (χ1n) is 4.37. The lowest BCUT2D eigenvalue weighted by Crippen LogP contribution is -2.47. The van der Waals surface area contributed by atoms with Gasteiger partial charge in [0, 0.05) is 6.04 Å². The molecule has 1 aliphatic carbocycles. The summed E-state index contributed by atoms with van der Waals surface area (Å²) in [5, 5.41) is 5.18. The van der Waals surface area contributed by atoms with Crippen molar-refractivity contribution in [2.24, 2.45) is 11.7 Å². The Balaban J connectivity index is 2.21. The molecule has 3 amide bonds. The Morgan fingerprint density at radius 1 is 1.54 bits per heavy atom. The minimum absolute atomic E-state index is 0.264. The highest BCUT2D eigenvalue weighted by molar-refractivity contribution is 5.85. The highest BCUT2D eigenvalue weighted by Gasteiger charge is 2.34. The van der Waals surface area contributed by atoms with Crippen LogP contribution < -0.4 is 16.4 Å². The van der Waals surface area contributed by atoms with Gasteiger partial charge in [-0.1, -0.05) is 6.92 Å². The smallest absolute Gasteiger partial charge is 0.315 e. The first-order valence-corrected chi connectivity index (χ1v) is 4.37. The summed E-state index contributed by atoms with van der Waals surface area (Å²) < 4.78 is 0. The maximum atomic E-state index is 11.1. The van der Waals surface area contributed by atoms with E-state index in [0.29, 0.717) is 5.92 Å². The van der Waals surface area contributed by atoms with Gasteiger partial charge in [0.05, 0.1) is 0 Å². The average molecular weight is 185 g/mol. The van der Waals surface area contributed by atoms with Gasteiger partial charge >= 0.3 is 6.03 Å². The van der Waals surface area contributed by atoms with Gasteiger partial charge in [-0.05, 0) is 19.3 Å². The molecule has 0 saturated heterocycles. The Morgan fingerprint density at radius 2 is 2.08 bits per heavy atom. The quantitative estimate of drug-likeness (QED) is 0.557. The van der Waals surface area contributed by atoms with E-state index in [1.807, 2.05) is 0 Å². The number of rotatable bonds is 3. The summed E-state index contributed by atoms with van der Waals surface area (Å²) in [5.41, 5.74) is 4.98. The van der Waals surface area contributed by atoms with E-state index in [1.54, 1.807) is 6.92 Å². The molecule has 0 aromatic carbocycles. The molecular weight excluding hydrogens is 170 g/mol. The van der Waals surface area contributed by atoms with Crippen LogP contribution in [0.1, 0.15) is 20.3 Å². The number of amides is 3. The Bertz CT molecular complexity index is 229. The fraction of sp³-hybridized carbons (Fsp3) is 0.750. The van der Waals surface area contributed by atoms with Crippen LogP contribution in [0.4, 0.5) is 4.79 Å². The minimum Gasteiger partial charge on any atom is -0.368 e. The summed E-state index contributed by atoms with van der Waals surface area (Å²) in [7, 11) is 0. The molecule has 0 aromatic rings. The Hall–Kier alpha value is -1.26. The summed E-state index contributed by atoms with van der Waals surface area (Å²) in [4.78, 5) is 21.7. The molecule has 1 fully saturated rings. The number of carbonyl (C=O) groups is 2. The molecule has 0 aliphatic heterocycles. The van der Waals surface area contributed by atoms with E-state index in [1.165, 1.54) is 0 Å². The van der Waals surface area contributed by atoms with Gasteiger partial charge in [-0.25, -0.2) is 4.79 Å². The molecular formula is C8H15N3O2. The van der Waals surface area contributed by atoms with Gasteiger partial charge in [-0.2, -0.15) is 0 Å². The summed E-state index contributed by atoms with van der Waals surface area (Å²) in [5.74, 6) is 0.0219. The number of nitrogens with two attached hydrogens (primary N) is 1. The molecule has 0 heterocycles. The van der Waals surface area contributed by atoms with Crippen molar-refractivity contribution in [3.63, 3.8) is 0 Å². The molecule has 5 nitrogen and oxygen atoms in total. The Morgan fingerprint density at radius 3 is 2.46 bits per heavy atom. The van der Waals surface area contributed by atoms with Crippen molar-refractivity contribution in [2.45, 2.75) is 32.4 Å². The topological polar surface area (TPSA) is 84.2 Å². The van der Waals surface area contributed by atoms with Gasteiger partial charge in [-0.3, -0.25) is 4.79 Å². The molecule has 1 aliphatic rings. The molecule has 13 heavy (non-hydrogen) atoms. The highest BCUT2D eigenvalue weighted by Crippen LogP contribution is 2.28. The number of hydrogen-bond donors (Lipinski definition) is 3. The summed E-state index contributed by atoms with van der Waals surface area (Å²) in [6.45, 7) is 3.61. The lowest BCUT2D eigenvalue weighted by molar-refractivity contribution is -0.119. The zero-order valence-corrected chi connectivity index (χ0v) is 7.83. The molecule has 1 unspecified atom stereocenters. The van der Waals surface area contributed by atoms with E-state index in [-0.39, 0.29) is 12.1 Å². The van der Waals surface area contributed by atoms with Gasteiger partial charge in [0.2, 0.25) is 5.91 Å². The van der Waals surface area contributed by atoms with Crippen molar-refractivity contribution >= 4 is 11.9 Å². The summed E-state index contributed by atoms with van der Waals surface area (Å²) in [6.07, 6.45) is 1.01. The standard InChI is InChI=1S/C8H15N3O2/c1-4-3-6(4)11-8(13)10-5(2)7(9)12/h4-6H,3H2,1-2H3,(H2,9,12)(H2,10,11,13)/t4-,5?,6-/m1/s1. The predicted molar refractivity (Wildman–Crippen MR) is 47.9 cm³/mol. The van der Waals surface area contributed by atoms with Crippen LogP contribution in [-0.4, -0.2) is 24.0 Å². The van der Waals surface area contributed by atoms with Crippen molar-refractivity contribution in [3.8, 4) is 0 Å². The third-order valence-corrected chi connectivity index (χ3v) is 2.20. The monoisotopic (exact) mass is 185 g/mol. The minimum atomic E-state index is -0.617. The maximum absolute atomic E-state index is 11.1. The molecule has 0 aromatic heterocycles. The molecule has 3 atom stereocenters. The van der Waals surface area contributed by atoms with E-state index in [2.05, 4.69) is 17.6 Å². The number of primary amides is 1. The zero-order valence-electron chi connectivity index (χ0n) is 7.83. The van der Waals surface area contributed by atoms with Gasteiger partial charge < -0.3 is 16.4 Å². The fourth-order valence-electron chi connectivity index (χ4n) is 1.00. The van der Waals surface area contributed by atoms with Crippen molar-refractivity contribution in [1.29, 1.82) is 0 Å². The van der Waals surface area contributed by atoms with Crippen molar-refractivity contribution < 1.29 is 9.59 Å². The van der Waals surface area contributed by atoms with E-state index >= 15 is 0 Å². The molecule has 0 bridgehead atoms. The van der Waals surface area contributed by atoms with Crippen molar-refractivity contribution in [2.75, 3.05) is 0 Å². The highest BCUT2D eigenvalue weighted by atomic mass is 16.2. The van der Waals surface area contributed by atoms with Crippen molar-refractivity contribution in [3.05, 3.63) is 0 Å². The van der Waals surface area contributed by atoms with E-state index < -0.39 is 11.9 Å². The third kappa shape index (κ3) is 2.93. The summed E-state index contributed by atoms with van der Waals surface area (Å²) in [6, 6.07) is -0.671. The SMILES string of the molecule is CC(NC(=O)N[C@@H]1C[C@H]1C)C(N)=O. The molecule has 0 radical (unpaired) electrons. The van der Waals surface area contributed by atoms with Crippen LogP contribution in [0.3, 0.4) is 0 Å². The van der Waals surface area contributed by atoms with Crippen LogP contribution in [0.25, 0.3) is 0 Å². The summed E-state index contributed by atoms with van der Waals surface area (Å²) >= 11 is 0. The normalized spacial score (nSPS) is 27.5.